The Morgan fingerprint density at radius 1 is 1.50 bits per heavy atom. The summed E-state index contributed by atoms with van der Waals surface area (Å²) in [4.78, 5) is 0. The minimum Gasteiger partial charge on any atom is -0.251 e. The van der Waals surface area contributed by atoms with Crippen molar-refractivity contribution in [1.82, 2.24) is 0 Å². The molecule has 0 aromatic rings. The van der Waals surface area contributed by atoms with Crippen LogP contribution < -0.4 is 29.6 Å². The molecule has 0 amide bonds. The average molecular weight is 88.5 g/mol. The van der Waals surface area contributed by atoms with Gasteiger partial charge in [-0.1, -0.05) is 0 Å². The SMILES string of the molecule is BB.[BH3-]C#N.[Na+]. The summed E-state index contributed by atoms with van der Waals surface area (Å²) in [6.45, 7) is 0. The Labute approximate surface area is 64.0 Å². The fraction of sp³-hybridized carbons (Fsp3) is 0. The minimum atomic E-state index is 0. The first-order valence-electron chi connectivity index (χ1n) is 1.22. The summed E-state index contributed by atoms with van der Waals surface area (Å²) >= 11 is 0. The molecule has 0 aromatic carbocycles. The maximum Gasteiger partial charge on any atom is 1.00 e. The van der Waals surface area contributed by atoms with Crippen LogP contribution in [0.25, 0.3) is 0 Å². The van der Waals surface area contributed by atoms with Crippen LogP contribution in [-0.4, -0.2) is 23.3 Å². The van der Waals surface area contributed by atoms with E-state index in [9.17, 15) is 0 Å². The molecule has 0 unspecified atom stereocenters. The van der Waals surface area contributed by atoms with E-state index in [0.717, 1.165) is 0 Å². The second-order valence-electron chi connectivity index (χ2n) is 0. The third-order valence-corrected chi connectivity index (χ3v) is 0. The molecule has 0 aliphatic rings. The molecule has 5 heteroatoms. The molecule has 0 aliphatic carbocycles. The molecule has 0 aliphatic heterocycles. The quantitative estimate of drug-likeness (QED) is 0.271. The molecule has 0 radical (unpaired) electrons. The van der Waals surface area contributed by atoms with E-state index in [4.69, 9.17) is 5.26 Å². The third-order valence-electron chi connectivity index (χ3n) is 0. The zero-order valence-corrected chi connectivity index (χ0v) is 5.95. The summed E-state index contributed by atoms with van der Waals surface area (Å²) in [5.74, 6) is 2.00. The van der Waals surface area contributed by atoms with Gasteiger partial charge >= 0.3 is 29.6 Å². The predicted octanol–water partition coefficient (Wildman–Crippen LogP) is -6.00. The van der Waals surface area contributed by atoms with Crippen LogP contribution >= 0.6 is 0 Å². The van der Waals surface area contributed by atoms with E-state index in [1.165, 1.54) is 0 Å². The average Bonchev–Trinajstić information content (AvgIpc) is 1.46. The molecule has 6 heavy (non-hydrogen) atoms. The topological polar surface area (TPSA) is 23.8 Å². The second-order valence-corrected chi connectivity index (χ2v) is 0. The van der Waals surface area contributed by atoms with Gasteiger partial charge in [-0.2, -0.15) is 5.97 Å². The first kappa shape index (κ1) is 15.9. The summed E-state index contributed by atoms with van der Waals surface area (Å²) in [7, 11) is 4.07. The van der Waals surface area contributed by atoms with E-state index in [2.05, 4.69) is 0 Å². The summed E-state index contributed by atoms with van der Waals surface area (Å²) in [5.41, 5.74) is 0. The van der Waals surface area contributed by atoms with Crippen molar-refractivity contribution in [1.29, 1.82) is 5.26 Å². The minimum absolute atomic E-state index is 0. The van der Waals surface area contributed by atoms with Crippen LogP contribution in [0.4, 0.5) is 0 Å². The smallest absolute Gasteiger partial charge is 0.251 e. The van der Waals surface area contributed by atoms with Gasteiger partial charge in [-0.05, 0) is 0 Å². The Balaban J connectivity index is -0.0000000275. The van der Waals surface area contributed by atoms with Gasteiger partial charge in [0.15, 0.2) is 0 Å². The van der Waals surface area contributed by atoms with Crippen LogP contribution in [-0.2, 0) is 0 Å². The number of rotatable bonds is 0. The number of hydrogen-bond donors (Lipinski definition) is 0. The molecule has 0 fully saturated rings. The summed E-state index contributed by atoms with van der Waals surface area (Å²) in [5, 5.41) is 7.43. The summed E-state index contributed by atoms with van der Waals surface area (Å²) in [6.07, 6.45) is 0. The molecule has 0 N–H and O–H groups in total. The Bertz CT molecular complexity index is 32.3. The maximum absolute atomic E-state index is 7.43. The van der Waals surface area contributed by atoms with Crippen LogP contribution in [0.1, 0.15) is 0 Å². The zero-order chi connectivity index (χ0) is 4.71. The molecule has 0 spiro atoms. The molecule has 0 atom stereocenters. The Morgan fingerprint density at radius 2 is 1.50 bits per heavy atom. The van der Waals surface area contributed by atoms with E-state index >= 15 is 0 Å². The molecule has 0 rings (SSSR count). The summed E-state index contributed by atoms with van der Waals surface area (Å²) in [6, 6.07) is 0. The molecule has 0 aromatic heterocycles. The van der Waals surface area contributed by atoms with E-state index in [-0.39, 0.29) is 37.4 Å². The van der Waals surface area contributed by atoms with Gasteiger partial charge in [0, 0.05) is 0 Å². The fourth-order valence-electron chi connectivity index (χ4n) is 0. The molecule has 0 saturated carbocycles. The summed E-state index contributed by atoms with van der Waals surface area (Å²) < 4.78 is 0. The third kappa shape index (κ3) is 136. The van der Waals surface area contributed by atoms with Gasteiger partial charge in [0.05, 0.1) is 23.3 Å². The van der Waals surface area contributed by atoms with Gasteiger partial charge in [-0.15, -0.1) is 0 Å². The van der Waals surface area contributed by atoms with Gasteiger partial charge in [-0.25, -0.2) is 0 Å². The van der Waals surface area contributed by atoms with E-state index in [1.807, 2.05) is 21.4 Å². The van der Waals surface area contributed by atoms with Crippen molar-refractivity contribution in [2.24, 2.45) is 0 Å². The van der Waals surface area contributed by atoms with Crippen molar-refractivity contribution in [3.8, 4) is 5.97 Å². The van der Waals surface area contributed by atoms with Gasteiger partial charge in [0.2, 0.25) is 0 Å². The number of hydrogen-bond acceptors (Lipinski definition) is 1. The van der Waals surface area contributed by atoms with Crippen LogP contribution in [0.15, 0.2) is 0 Å². The molecule has 0 saturated heterocycles. The van der Waals surface area contributed by atoms with E-state index < -0.39 is 0 Å². The van der Waals surface area contributed by atoms with Crippen LogP contribution in [0.3, 0.4) is 0 Å². The fourth-order valence-corrected chi connectivity index (χ4v) is 0. The van der Waals surface area contributed by atoms with Gasteiger partial charge in [-0.3, -0.25) is 5.26 Å². The molecule has 0 bridgehead atoms. The number of nitriles is 1. The Hall–Kier alpha value is 0.685. The van der Waals surface area contributed by atoms with Crippen molar-refractivity contribution in [2.75, 3.05) is 0 Å². The molecular weight excluding hydrogens is 81.4 g/mol. The monoisotopic (exact) mass is 89.1 g/mol. The molecular formula is CH7B3NNa. The van der Waals surface area contributed by atoms with Gasteiger partial charge < -0.3 is 0 Å². The number of nitrogens with zero attached hydrogens (tertiary/aromatic N) is 1. The Kier molecular flexibility index (Phi) is 117. The standard InChI is InChI=1S/CH3BN.B2H4.Na/c2-1-3;1-2;/h2H3;1-2H2;/q-1;;+1. The first-order chi connectivity index (χ1) is 2.41. The second kappa shape index (κ2) is 44.0. The van der Waals surface area contributed by atoms with Gasteiger partial charge in [0.25, 0.3) is 0 Å². The van der Waals surface area contributed by atoms with Crippen molar-refractivity contribution < 1.29 is 29.6 Å². The maximum atomic E-state index is 7.43. The van der Waals surface area contributed by atoms with Crippen molar-refractivity contribution >= 4 is 23.3 Å². The molecule has 26 valence electrons. The molecule has 1 nitrogen and oxygen atoms in total. The van der Waals surface area contributed by atoms with Gasteiger partial charge in [0.1, 0.15) is 0 Å². The molecule has 0 heterocycles. The van der Waals surface area contributed by atoms with Crippen LogP contribution in [0.2, 0.25) is 0 Å². The van der Waals surface area contributed by atoms with E-state index in [1.54, 1.807) is 0 Å². The van der Waals surface area contributed by atoms with Crippen molar-refractivity contribution in [3.05, 3.63) is 0 Å². The van der Waals surface area contributed by atoms with Crippen LogP contribution in [0, 0.1) is 11.2 Å². The van der Waals surface area contributed by atoms with Crippen LogP contribution in [0.5, 0.6) is 0 Å². The Morgan fingerprint density at radius 3 is 1.50 bits per heavy atom. The predicted molar refractivity (Wildman–Crippen MR) is 32.6 cm³/mol. The normalized spacial score (nSPS) is 2.00. The zero-order valence-electron chi connectivity index (χ0n) is 3.95. The van der Waals surface area contributed by atoms with Crippen molar-refractivity contribution in [3.63, 3.8) is 0 Å². The van der Waals surface area contributed by atoms with Crippen molar-refractivity contribution in [2.45, 2.75) is 0 Å². The van der Waals surface area contributed by atoms with E-state index in [0.29, 0.717) is 0 Å². The largest absolute Gasteiger partial charge is 1.00 e. The first-order valence-corrected chi connectivity index (χ1v) is 1.22.